The van der Waals surface area contributed by atoms with Crippen molar-refractivity contribution in [3.63, 3.8) is 0 Å². The van der Waals surface area contributed by atoms with Crippen molar-refractivity contribution in [1.29, 1.82) is 0 Å². The van der Waals surface area contributed by atoms with Crippen LogP contribution in [-0.2, 0) is 12.3 Å². The molecule has 146 valence electrons. The lowest BCUT2D eigenvalue weighted by Gasteiger charge is -2.19. The molecule has 1 amide bonds. The molecular weight excluding hydrogens is 386 g/mol. The molecule has 6 nitrogen and oxygen atoms in total. The van der Waals surface area contributed by atoms with Crippen LogP contribution in [0, 0.1) is 0 Å². The Morgan fingerprint density at radius 2 is 1.96 bits per heavy atom. The smallest absolute Gasteiger partial charge is 0.387 e. The van der Waals surface area contributed by atoms with Crippen LogP contribution in [0.25, 0.3) is 0 Å². The number of nitrogens with zero attached hydrogens (tertiary/aromatic N) is 3. The van der Waals surface area contributed by atoms with E-state index >= 15 is 0 Å². The van der Waals surface area contributed by atoms with E-state index in [9.17, 15) is 13.6 Å². The van der Waals surface area contributed by atoms with Crippen LogP contribution in [0.3, 0.4) is 0 Å². The first-order valence-corrected chi connectivity index (χ1v) is 9.37. The van der Waals surface area contributed by atoms with Crippen molar-refractivity contribution in [2.45, 2.75) is 24.1 Å². The van der Waals surface area contributed by atoms with E-state index in [4.69, 9.17) is 0 Å². The van der Waals surface area contributed by atoms with Crippen molar-refractivity contribution in [2.24, 2.45) is 0 Å². The standard InChI is InChI=1S/C19H18F2N4O2S/c1-25(10-13-6-8-15(9-7-13)27-18(20)21)17(26)16-5-3-2-4-14(16)11-28-19-22-12-23-24-19/h2-9,12,18H,10-11H2,1H3,(H,22,23,24). The molecule has 9 heteroatoms. The summed E-state index contributed by atoms with van der Waals surface area (Å²) in [5.74, 6) is 0.536. The summed E-state index contributed by atoms with van der Waals surface area (Å²) in [7, 11) is 1.70. The number of thioether (sulfide) groups is 1. The van der Waals surface area contributed by atoms with Gasteiger partial charge in [-0.15, -0.1) is 0 Å². The lowest BCUT2D eigenvalue weighted by atomic mass is 10.1. The quantitative estimate of drug-likeness (QED) is 0.575. The largest absolute Gasteiger partial charge is 0.435 e. The van der Waals surface area contributed by atoms with Crippen LogP contribution in [0.4, 0.5) is 8.78 Å². The highest BCUT2D eigenvalue weighted by Crippen LogP contribution is 2.22. The van der Waals surface area contributed by atoms with Crippen molar-refractivity contribution in [3.8, 4) is 5.75 Å². The maximum Gasteiger partial charge on any atom is 0.387 e. The summed E-state index contributed by atoms with van der Waals surface area (Å²) >= 11 is 1.46. The second kappa shape index (κ2) is 9.32. The number of benzene rings is 2. The van der Waals surface area contributed by atoms with Gasteiger partial charge < -0.3 is 9.64 Å². The van der Waals surface area contributed by atoms with Gasteiger partial charge in [0, 0.05) is 24.9 Å². The number of hydrogen-bond acceptors (Lipinski definition) is 5. The Hall–Kier alpha value is -2.94. The third-order valence-corrected chi connectivity index (χ3v) is 4.85. The van der Waals surface area contributed by atoms with Gasteiger partial charge in [0.15, 0.2) is 5.16 Å². The maximum absolute atomic E-state index is 12.9. The average Bonchev–Trinajstić information content (AvgIpc) is 3.21. The van der Waals surface area contributed by atoms with E-state index in [2.05, 4.69) is 19.9 Å². The van der Waals surface area contributed by atoms with Gasteiger partial charge in [0.1, 0.15) is 12.1 Å². The molecular formula is C19H18F2N4O2S. The SMILES string of the molecule is CN(Cc1ccc(OC(F)F)cc1)C(=O)c1ccccc1CSc1ncn[nH]1. The van der Waals surface area contributed by atoms with Crippen LogP contribution in [0.15, 0.2) is 60.0 Å². The fraction of sp³-hybridized carbons (Fsp3) is 0.211. The Labute approximate surface area is 164 Å². The van der Waals surface area contributed by atoms with Crippen molar-refractivity contribution in [3.05, 3.63) is 71.5 Å². The summed E-state index contributed by atoms with van der Waals surface area (Å²) in [4.78, 5) is 18.6. The zero-order valence-corrected chi connectivity index (χ0v) is 15.8. The first kappa shape index (κ1) is 19.8. The number of alkyl halides is 2. The van der Waals surface area contributed by atoms with Gasteiger partial charge in [-0.3, -0.25) is 9.89 Å². The highest BCUT2D eigenvalue weighted by molar-refractivity contribution is 7.98. The van der Waals surface area contributed by atoms with E-state index in [-0.39, 0.29) is 11.7 Å². The van der Waals surface area contributed by atoms with E-state index in [0.29, 0.717) is 23.0 Å². The first-order chi connectivity index (χ1) is 13.5. The summed E-state index contributed by atoms with van der Waals surface area (Å²) in [6.07, 6.45) is 1.44. The zero-order chi connectivity index (χ0) is 19.9. The predicted molar refractivity (Wildman–Crippen MR) is 101 cm³/mol. The number of aromatic amines is 1. The molecule has 0 saturated heterocycles. The Bertz CT molecular complexity index is 905. The summed E-state index contributed by atoms with van der Waals surface area (Å²) in [6, 6.07) is 13.6. The molecule has 0 bridgehead atoms. The summed E-state index contributed by atoms with van der Waals surface area (Å²) in [6.45, 7) is -2.52. The molecule has 0 saturated carbocycles. The number of halogens is 2. The van der Waals surface area contributed by atoms with E-state index in [0.717, 1.165) is 11.1 Å². The summed E-state index contributed by atoms with van der Waals surface area (Å²) in [5.41, 5.74) is 2.31. The van der Waals surface area contributed by atoms with Crippen molar-refractivity contribution < 1.29 is 18.3 Å². The number of rotatable bonds is 8. The molecule has 0 spiro atoms. The maximum atomic E-state index is 12.9. The Kier molecular flexibility index (Phi) is 6.59. The Morgan fingerprint density at radius 1 is 1.21 bits per heavy atom. The minimum Gasteiger partial charge on any atom is -0.435 e. The second-order valence-corrected chi connectivity index (χ2v) is 6.88. The van der Waals surface area contributed by atoms with Crippen LogP contribution < -0.4 is 4.74 Å². The minimum absolute atomic E-state index is 0.0857. The van der Waals surface area contributed by atoms with Crippen molar-refractivity contribution in [1.82, 2.24) is 20.1 Å². The molecule has 0 aliphatic carbocycles. The number of hydrogen-bond donors (Lipinski definition) is 1. The average molecular weight is 404 g/mol. The molecule has 0 unspecified atom stereocenters. The van der Waals surface area contributed by atoms with Gasteiger partial charge in [0.2, 0.25) is 0 Å². The molecule has 0 aliphatic rings. The number of H-pyrrole nitrogens is 1. The minimum atomic E-state index is -2.86. The van der Waals surface area contributed by atoms with Gasteiger partial charge in [-0.1, -0.05) is 42.1 Å². The van der Waals surface area contributed by atoms with Crippen molar-refractivity contribution in [2.75, 3.05) is 7.05 Å². The molecule has 2 aromatic carbocycles. The van der Waals surface area contributed by atoms with E-state index < -0.39 is 6.61 Å². The predicted octanol–water partition coefficient (Wildman–Crippen LogP) is 3.97. The number of carbonyl (C=O) groups excluding carboxylic acids is 1. The van der Waals surface area contributed by atoms with Crippen LogP contribution in [0.2, 0.25) is 0 Å². The highest BCUT2D eigenvalue weighted by atomic mass is 32.2. The highest BCUT2D eigenvalue weighted by Gasteiger charge is 2.16. The van der Waals surface area contributed by atoms with Crippen LogP contribution in [0.1, 0.15) is 21.5 Å². The fourth-order valence-electron chi connectivity index (χ4n) is 2.59. The normalized spacial score (nSPS) is 10.9. The van der Waals surface area contributed by atoms with E-state index in [1.165, 1.54) is 30.2 Å². The first-order valence-electron chi connectivity index (χ1n) is 8.38. The van der Waals surface area contributed by atoms with Crippen LogP contribution >= 0.6 is 11.8 Å². The molecule has 1 heterocycles. The Balaban J connectivity index is 1.66. The Morgan fingerprint density at radius 3 is 2.64 bits per heavy atom. The van der Waals surface area contributed by atoms with Gasteiger partial charge >= 0.3 is 6.61 Å². The van der Waals surface area contributed by atoms with Crippen molar-refractivity contribution >= 4 is 17.7 Å². The number of ether oxygens (including phenoxy) is 1. The second-order valence-electron chi connectivity index (χ2n) is 5.92. The zero-order valence-electron chi connectivity index (χ0n) is 15.0. The topological polar surface area (TPSA) is 71.1 Å². The van der Waals surface area contributed by atoms with Gasteiger partial charge in [-0.25, -0.2) is 4.98 Å². The molecule has 1 aromatic heterocycles. The summed E-state index contributed by atoms with van der Waals surface area (Å²) < 4.78 is 28.8. The number of nitrogens with one attached hydrogen (secondary N) is 1. The molecule has 0 radical (unpaired) electrons. The lowest BCUT2D eigenvalue weighted by Crippen LogP contribution is -2.27. The third kappa shape index (κ3) is 5.29. The fourth-order valence-corrected chi connectivity index (χ4v) is 3.38. The van der Waals surface area contributed by atoms with Gasteiger partial charge in [-0.05, 0) is 29.3 Å². The molecule has 28 heavy (non-hydrogen) atoms. The van der Waals surface area contributed by atoms with Crippen LogP contribution in [-0.4, -0.2) is 39.6 Å². The van der Waals surface area contributed by atoms with Crippen LogP contribution in [0.5, 0.6) is 5.75 Å². The monoisotopic (exact) mass is 404 g/mol. The lowest BCUT2D eigenvalue weighted by molar-refractivity contribution is -0.0498. The molecule has 1 N–H and O–H groups in total. The molecule has 3 aromatic rings. The number of aromatic nitrogens is 3. The molecule has 0 aliphatic heterocycles. The molecule has 0 atom stereocenters. The molecule has 0 fully saturated rings. The van der Waals surface area contributed by atoms with E-state index in [1.54, 1.807) is 30.1 Å². The number of carbonyl (C=O) groups is 1. The van der Waals surface area contributed by atoms with Gasteiger partial charge in [0.05, 0.1) is 0 Å². The molecule has 3 rings (SSSR count). The van der Waals surface area contributed by atoms with Gasteiger partial charge in [0.25, 0.3) is 5.91 Å². The summed E-state index contributed by atoms with van der Waals surface area (Å²) in [5, 5.41) is 7.27. The van der Waals surface area contributed by atoms with Gasteiger partial charge in [-0.2, -0.15) is 13.9 Å². The third-order valence-electron chi connectivity index (χ3n) is 3.92. The van der Waals surface area contributed by atoms with E-state index in [1.807, 2.05) is 18.2 Å². The number of amides is 1.